The fraction of sp³-hybridized carbons (Fsp3) is 0.130. The van der Waals surface area contributed by atoms with Crippen molar-refractivity contribution in [3.63, 3.8) is 0 Å². The predicted molar refractivity (Wildman–Crippen MR) is 122 cm³/mol. The molecule has 1 aliphatic heterocycles. The van der Waals surface area contributed by atoms with Crippen LogP contribution in [-0.4, -0.2) is 36.5 Å². The number of aromatic amines is 1. The molecule has 0 saturated heterocycles. The van der Waals surface area contributed by atoms with Gasteiger partial charge in [0.2, 0.25) is 15.9 Å². The van der Waals surface area contributed by atoms with Crippen molar-refractivity contribution in [1.82, 2.24) is 15.1 Å². The van der Waals surface area contributed by atoms with E-state index in [1.807, 2.05) is 54.4 Å². The molecule has 1 aliphatic rings. The van der Waals surface area contributed by atoms with Gasteiger partial charge < -0.3 is 5.32 Å². The van der Waals surface area contributed by atoms with Crippen molar-refractivity contribution in [3.8, 4) is 11.3 Å². The molecule has 5 rings (SSSR count). The molecular weight excluding hydrogens is 426 g/mol. The Hall–Kier alpha value is -3.53. The fourth-order valence-corrected chi connectivity index (χ4v) is 4.79. The molecule has 1 atom stereocenters. The monoisotopic (exact) mass is 447 g/mol. The number of nitrogens with zero attached hydrogens (tertiary/aromatic N) is 2. The quantitative estimate of drug-likeness (QED) is 0.444. The maximum absolute atomic E-state index is 13.1. The number of nitrogens with two attached hydrogens (primary N) is 1. The largest absolute Gasteiger partial charge is 0.324 e. The van der Waals surface area contributed by atoms with Gasteiger partial charge in [-0.25, -0.2) is 13.6 Å². The standard InChI is InChI=1S/C23H21N5O3S/c1-28-13-15-5-2-3-8-18(15)22(28)23(29)25-16-9-10-20-19(12-16)21(27-26-20)14-6-4-7-17(11-14)32(24,30)31/h2-12,22H,13H2,1H3,(H,25,29)(H,26,27)(H2,24,30,31). The van der Waals surface area contributed by atoms with Crippen molar-refractivity contribution in [3.05, 3.63) is 77.9 Å². The van der Waals surface area contributed by atoms with Gasteiger partial charge in [-0.2, -0.15) is 5.10 Å². The maximum Gasteiger partial charge on any atom is 0.246 e. The predicted octanol–water partition coefficient (Wildman–Crippen LogP) is 3.00. The number of primary sulfonamides is 1. The number of carbonyl (C=O) groups is 1. The van der Waals surface area contributed by atoms with Crippen LogP contribution in [0, 0.1) is 0 Å². The number of benzene rings is 3. The zero-order valence-corrected chi connectivity index (χ0v) is 18.1. The lowest BCUT2D eigenvalue weighted by molar-refractivity contribution is -0.120. The Labute approximate surface area is 185 Å². The van der Waals surface area contributed by atoms with Crippen molar-refractivity contribution in [2.45, 2.75) is 17.5 Å². The number of rotatable bonds is 4. The van der Waals surface area contributed by atoms with Crippen LogP contribution in [0.15, 0.2) is 71.6 Å². The summed E-state index contributed by atoms with van der Waals surface area (Å²) in [5.74, 6) is -0.113. The van der Waals surface area contributed by atoms with Gasteiger partial charge in [-0.05, 0) is 48.5 Å². The van der Waals surface area contributed by atoms with Crippen LogP contribution in [-0.2, 0) is 21.4 Å². The topological polar surface area (TPSA) is 121 Å². The molecule has 3 aromatic carbocycles. The Balaban J connectivity index is 1.48. The highest BCUT2D eigenvalue weighted by Gasteiger charge is 2.32. The summed E-state index contributed by atoms with van der Waals surface area (Å²) in [4.78, 5) is 15.1. The minimum absolute atomic E-state index is 0.0125. The number of nitrogens with one attached hydrogen (secondary N) is 2. The van der Waals surface area contributed by atoms with Crippen LogP contribution in [0.2, 0.25) is 0 Å². The van der Waals surface area contributed by atoms with Crippen LogP contribution in [0.4, 0.5) is 5.69 Å². The van der Waals surface area contributed by atoms with Gasteiger partial charge in [-0.1, -0.05) is 36.4 Å². The second-order valence-corrected chi connectivity index (χ2v) is 9.47. The van der Waals surface area contributed by atoms with Gasteiger partial charge in [0.25, 0.3) is 0 Å². The van der Waals surface area contributed by atoms with Gasteiger partial charge in [0.15, 0.2) is 0 Å². The highest BCUT2D eigenvalue weighted by Crippen LogP contribution is 2.34. The number of hydrogen-bond acceptors (Lipinski definition) is 5. The van der Waals surface area contributed by atoms with Crippen molar-refractivity contribution in [2.75, 3.05) is 12.4 Å². The first-order valence-corrected chi connectivity index (χ1v) is 11.6. The van der Waals surface area contributed by atoms with E-state index < -0.39 is 10.0 Å². The highest BCUT2D eigenvalue weighted by atomic mass is 32.2. The average Bonchev–Trinajstić information content (AvgIpc) is 3.33. The molecule has 0 bridgehead atoms. The molecule has 4 N–H and O–H groups in total. The lowest BCUT2D eigenvalue weighted by Gasteiger charge is -2.19. The highest BCUT2D eigenvalue weighted by molar-refractivity contribution is 7.89. The molecule has 0 saturated carbocycles. The summed E-state index contributed by atoms with van der Waals surface area (Å²) in [6.45, 7) is 0.722. The Morgan fingerprint density at radius 3 is 2.75 bits per heavy atom. The Morgan fingerprint density at radius 1 is 1.12 bits per heavy atom. The number of anilines is 1. The third-order valence-corrected chi connectivity index (χ3v) is 6.64. The molecule has 0 radical (unpaired) electrons. The molecule has 1 amide bonds. The molecule has 2 heterocycles. The van der Waals surface area contributed by atoms with Crippen LogP contribution in [0.25, 0.3) is 22.2 Å². The van der Waals surface area contributed by atoms with Gasteiger partial charge in [0, 0.05) is 23.2 Å². The first-order chi connectivity index (χ1) is 15.3. The smallest absolute Gasteiger partial charge is 0.246 e. The van der Waals surface area contributed by atoms with E-state index in [1.54, 1.807) is 12.1 Å². The van der Waals surface area contributed by atoms with Crippen molar-refractivity contribution in [1.29, 1.82) is 0 Å². The van der Waals surface area contributed by atoms with Crippen LogP contribution in [0.3, 0.4) is 0 Å². The van der Waals surface area contributed by atoms with E-state index in [0.29, 0.717) is 16.9 Å². The van der Waals surface area contributed by atoms with Gasteiger partial charge in [0.05, 0.1) is 10.4 Å². The normalized spacial score (nSPS) is 16.2. The average molecular weight is 448 g/mol. The molecule has 32 heavy (non-hydrogen) atoms. The van der Waals surface area contributed by atoms with Crippen LogP contribution < -0.4 is 10.5 Å². The summed E-state index contributed by atoms with van der Waals surface area (Å²) >= 11 is 0. The number of carbonyl (C=O) groups excluding carboxylic acids is 1. The molecule has 0 spiro atoms. The summed E-state index contributed by atoms with van der Waals surface area (Å²) in [5, 5.41) is 16.3. The van der Waals surface area contributed by atoms with E-state index in [1.165, 1.54) is 12.1 Å². The SMILES string of the molecule is CN1Cc2ccccc2C1C(=O)Nc1ccc2[nH]nc(-c3cccc(S(N)(=O)=O)c3)c2c1. The van der Waals surface area contributed by atoms with E-state index in [-0.39, 0.29) is 16.8 Å². The summed E-state index contributed by atoms with van der Waals surface area (Å²) in [5.41, 5.74) is 4.74. The van der Waals surface area contributed by atoms with Gasteiger partial charge in [0.1, 0.15) is 11.7 Å². The number of sulfonamides is 1. The number of likely N-dealkylation sites (N-methyl/N-ethyl adjacent to an activating group) is 1. The van der Waals surface area contributed by atoms with E-state index in [9.17, 15) is 13.2 Å². The van der Waals surface area contributed by atoms with Gasteiger partial charge in [-0.15, -0.1) is 0 Å². The Morgan fingerprint density at radius 2 is 1.94 bits per heavy atom. The summed E-state index contributed by atoms with van der Waals surface area (Å²) in [7, 11) is -1.90. The third-order valence-electron chi connectivity index (χ3n) is 5.72. The van der Waals surface area contributed by atoms with E-state index in [4.69, 9.17) is 5.14 Å². The molecule has 1 aromatic heterocycles. The second-order valence-electron chi connectivity index (χ2n) is 7.91. The molecule has 0 fully saturated rings. The second kappa shape index (κ2) is 7.56. The summed E-state index contributed by atoms with van der Waals surface area (Å²) < 4.78 is 23.5. The van der Waals surface area contributed by atoms with Crippen molar-refractivity contribution >= 4 is 32.5 Å². The lowest BCUT2D eigenvalue weighted by atomic mass is 10.0. The zero-order valence-electron chi connectivity index (χ0n) is 17.2. The number of H-pyrrole nitrogens is 1. The van der Waals surface area contributed by atoms with E-state index >= 15 is 0 Å². The van der Waals surface area contributed by atoms with Crippen LogP contribution in [0.1, 0.15) is 17.2 Å². The first-order valence-electron chi connectivity index (χ1n) is 10.0. The summed E-state index contributed by atoms with van der Waals surface area (Å²) in [6.07, 6.45) is 0. The van der Waals surface area contributed by atoms with Crippen molar-refractivity contribution in [2.24, 2.45) is 5.14 Å². The van der Waals surface area contributed by atoms with E-state index in [0.717, 1.165) is 28.6 Å². The Kier molecular flexibility index (Phi) is 4.81. The molecule has 9 heteroatoms. The molecule has 4 aromatic rings. The molecule has 162 valence electrons. The summed E-state index contributed by atoms with van der Waals surface area (Å²) in [6, 6.07) is 19.4. The molecule has 8 nitrogen and oxygen atoms in total. The molecule has 1 unspecified atom stereocenters. The zero-order chi connectivity index (χ0) is 22.5. The first kappa shape index (κ1) is 20.4. The minimum Gasteiger partial charge on any atom is -0.324 e. The van der Waals surface area contributed by atoms with E-state index in [2.05, 4.69) is 15.5 Å². The van der Waals surface area contributed by atoms with Gasteiger partial charge >= 0.3 is 0 Å². The number of fused-ring (bicyclic) bond motifs is 2. The fourth-order valence-electron chi connectivity index (χ4n) is 4.23. The number of aromatic nitrogens is 2. The maximum atomic E-state index is 13.1. The van der Waals surface area contributed by atoms with Gasteiger partial charge in [-0.3, -0.25) is 14.8 Å². The number of amides is 1. The third kappa shape index (κ3) is 3.56. The van der Waals surface area contributed by atoms with Crippen LogP contribution >= 0.6 is 0 Å². The van der Waals surface area contributed by atoms with Crippen LogP contribution in [0.5, 0.6) is 0 Å². The molecular formula is C23H21N5O3S. The minimum atomic E-state index is -3.83. The Bertz CT molecular complexity index is 1460. The van der Waals surface area contributed by atoms with Crippen molar-refractivity contribution < 1.29 is 13.2 Å². The molecule has 0 aliphatic carbocycles. The lowest BCUT2D eigenvalue weighted by Crippen LogP contribution is -2.29. The number of hydrogen-bond donors (Lipinski definition) is 3.